The average Bonchev–Trinajstić information content (AvgIpc) is 2.72. The Bertz CT molecular complexity index is 927. The van der Waals surface area contributed by atoms with Crippen LogP contribution in [0, 0.1) is 0 Å². The van der Waals surface area contributed by atoms with Gasteiger partial charge < -0.3 is 0 Å². The third-order valence-corrected chi connectivity index (χ3v) is 5.83. The van der Waals surface area contributed by atoms with Crippen molar-refractivity contribution in [2.24, 2.45) is 4.99 Å². The van der Waals surface area contributed by atoms with Gasteiger partial charge in [-0.2, -0.15) is 8.42 Å². The van der Waals surface area contributed by atoms with Gasteiger partial charge in [0.05, 0.1) is 11.4 Å². The molecular formula is C19H23NO3S. The second-order valence-electron chi connectivity index (χ2n) is 7.04. The van der Waals surface area contributed by atoms with Gasteiger partial charge in [-0.25, -0.2) is 0 Å². The number of aryl methyl sites for hydroxylation is 1. The molecule has 0 aromatic heterocycles. The summed E-state index contributed by atoms with van der Waals surface area (Å²) in [6, 6.07) is 10.5. The molecule has 4 nitrogen and oxygen atoms in total. The van der Waals surface area contributed by atoms with Crippen molar-refractivity contribution in [3.05, 3.63) is 41.5 Å². The van der Waals surface area contributed by atoms with E-state index in [-0.39, 0.29) is 11.2 Å². The van der Waals surface area contributed by atoms with Crippen LogP contribution in [0.3, 0.4) is 0 Å². The summed E-state index contributed by atoms with van der Waals surface area (Å²) >= 11 is 0. The number of benzene rings is 2. The quantitative estimate of drug-likeness (QED) is 0.644. The van der Waals surface area contributed by atoms with Gasteiger partial charge in [-0.05, 0) is 54.2 Å². The number of hydrogen-bond acceptors (Lipinski definition) is 3. The van der Waals surface area contributed by atoms with Gasteiger partial charge in [0.2, 0.25) is 0 Å². The lowest BCUT2D eigenvalue weighted by Crippen LogP contribution is -2.23. The van der Waals surface area contributed by atoms with Gasteiger partial charge in [-0.3, -0.25) is 9.55 Å². The minimum atomic E-state index is -3.88. The van der Waals surface area contributed by atoms with E-state index in [0.717, 1.165) is 17.8 Å². The summed E-state index contributed by atoms with van der Waals surface area (Å²) in [4.78, 5) is 4.76. The van der Waals surface area contributed by atoms with E-state index in [1.54, 1.807) is 0 Å². The maximum absolute atomic E-state index is 10.9. The lowest BCUT2D eigenvalue weighted by Gasteiger charge is -2.23. The molecule has 1 aliphatic heterocycles. The Morgan fingerprint density at radius 2 is 1.79 bits per heavy atom. The van der Waals surface area contributed by atoms with Crippen LogP contribution < -0.4 is 0 Å². The summed E-state index contributed by atoms with van der Waals surface area (Å²) < 4.78 is 30.6. The Kier molecular flexibility index (Phi) is 4.26. The first-order valence-electron chi connectivity index (χ1n) is 8.26. The zero-order valence-electron chi connectivity index (χ0n) is 14.3. The fraction of sp³-hybridized carbons (Fsp3) is 0.421. The van der Waals surface area contributed by atoms with Crippen molar-refractivity contribution in [3.8, 4) is 0 Å². The summed E-state index contributed by atoms with van der Waals surface area (Å²) in [7, 11) is -3.88. The van der Waals surface area contributed by atoms with Gasteiger partial charge in [0.1, 0.15) is 0 Å². The molecule has 2 aromatic rings. The Hall–Kier alpha value is -1.72. The van der Waals surface area contributed by atoms with Gasteiger partial charge in [-0.15, -0.1) is 0 Å². The van der Waals surface area contributed by atoms with E-state index in [9.17, 15) is 8.42 Å². The molecule has 0 bridgehead atoms. The first-order valence-corrected chi connectivity index (χ1v) is 9.87. The normalized spacial score (nSPS) is 16.2. The molecule has 0 saturated heterocycles. The molecule has 0 amide bonds. The smallest absolute Gasteiger partial charge is 0.264 e. The van der Waals surface area contributed by atoms with Crippen molar-refractivity contribution in [2.45, 2.75) is 45.4 Å². The van der Waals surface area contributed by atoms with Gasteiger partial charge >= 0.3 is 0 Å². The summed E-state index contributed by atoms with van der Waals surface area (Å²) in [6.45, 7) is 6.48. The highest BCUT2D eigenvalue weighted by Crippen LogP contribution is 2.45. The van der Waals surface area contributed by atoms with Crippen LogP contribution in [0.5, 0.6) is 0 Å². The molecule has 1 aliphatic rings. The van der Waals surface area contributed by atoms with E-state index in [2.05, 4.69) is 45.0 Å². The van der Waals surface area contributed by atoms with Crippen LogP contribution in [0.1, 0.15) is 44.7 Å². The Labute approximate surface area is 143 Å². The molecule has 0 radical (unpaired) electrons. The van der Waals surface area contributed by atoms with Crippen molar-refractivity contribution in [3.63, 3.8) is 0 Å². The first kappa shape index (κ1) is 17.1. The minimum absolute atomic E-state index is 0.0710. The van der Waals surface area contributed by atoms with Crippen LogP contribution in [0.4, 0.5) is 5.69 Å². The van der Waals surface area contributed by atoms with E-state index < -0.39 is 10.1 Å². The van der Waals surface area contributed by atoms with Crippen molar-refractivity contribution < 1.29 is 13.0 Å². The van der Waals surface area contributed by atoms with Crippen molar-refractivity contribution in [2.75, 3.05) is 5.75 Å². The number of unbranched alkanes of at least 4 members (excludes halogenated alkanes) is 1. The third-order valence-electron chi connectivity index (χ3n) is 5.03. The Balaban J connectivity index is 1.97. The molecule has 5 heteroatoms. The minimum Gasteiger partial charge on any atom is -0.286 e. The molecule has 0 unspecified atom stereocenters. The number of rotatable bonds is 5. The van der Waals surface area contributed by atoms with Crippen LogP contribution in [-0.2, 0) is 22.0 Å². The third kappa shape index (κ3) is 3.10. The van der Waals surface area contributed by atoms with Crippen molar-refractivity contribution in [1.29, 1.82) is 0 Å². The van der Waals surface area contributed by atoms with Gasteiger partial charge in [0, 0.05) is 11.1 Å². The standard InChI is InChI=1S/C19H23NO3S/c1-13-19(2,3)18-16-10-5-4-9-15(16)14(12-17(18)20-13)8-6-7-11-24(21,22)23/h4-5,9-10,12H,6-8,11H2,1-3H3,(H,21,22,23). The van der Waals surface area contributed by atoms with E-state index in [1.165, 1.54) is 21.9 Å². The second kappa shape index (κ2) is 5.97. The zero-order valence-corrected chi connectivity index (χ0v) is 15.2. The Morgan fingerprint density at radius 3 is 2.46 bits per heavy atom. The molecular weight excluding hydrogens is 322 g/mol. The molecule has 2 aromatic carbocycles. The molecule has 3 rings (SSSR count). The fourth-order valence-corrected chi connectivity index (χ4v) is 4.06. The SMILES string of the molecule is CC1=Nc2cc(CCCCS(=O)(=O)O)c3ccccc3c2C1(C)C. The lowest BCUT2D eigenvalue weighted by atomic mass is 9.79. The van der Waals surface area contributed by atoms with Gasteiger partial charge in [0.25, 0.3) is 10.1 Å². The predicted molar refractivity (Wildman–Crippen MR) is 99.1 cm³/mol. The van der Waals surface area contributed by atoms with E-state index in [1.807, 2.05) is 6.07 Å². The number of fused-ring (bicyclic) bond motifs is 3. The number of aliphatic imine (C=N–C) groups is 1. The highest BCUT2D eigenvalue weighted by Gasteiger charge is 2.34. The molecule has 0 spiro atoms. The molecule has 0 saturated carbocycles. The molecule has 0 aliphatic carbocycles. The summed E-state index contributed by atoms with van der Waals surface area (Å²) in [5, 5.41) is 2.44. The highest BCUT2D eigenvalue weighted by atomic mass is 32.2. The van der Waals surface area contributed by atoms with Crippen LogP contribution in [0.2, 0.25) is 0 Å². The topological polar surface area (TPSA) is 66.7 Å². The molecule has 24 heavy (non-hydrogen) atoms. The molecule has 128 valence electrons. The molecule has 0 fully saturated rings. The van der Waals surface area contributed by atoms with Crippen LogP contribution in [0.15, 0.2) is 35.3 Å². The first-order chi connectivity index (χ1) is 11.2. The highest BCUT2D eigenvalue weighted by molar-refractivity contribution is 7.85. The second-order valence-corrected chi connectivity index (χ2v) is 8.61. The van der Waals surface area contributed by atoms with Crippen LogP contribution in [0.25, 0.3) is 10.8 Å². The predicted octanol–water partition coefficient (Wildman–Crippen LogP) is 4.43. The maximum atomic E-state index is 10.9. The zero-order chi connectivity index (χ0) is 17.5. The summed E-state index contributed by atoms with van der Waals surface area (Å²) in [6.07, 6.45) is 1.95. The molecule has 1 heterocycles. The lowest BCUT2D eigenvalue weighted by molar-refractivity contribution is 0.480. The average molecular weight is 345 g/mol. The van der Waals surface area contributed by atoms with Crippen LogP contribution >= 0.6 is 0 Å². The van der Waals surface area contributed by atoms with Crippen molar-refractivity contribution in [1.82, 2.24) is 0 Å². The summed E-state index contributed by atoms with van der Waals surface area (Å²) in [5.74, 6) is -0.180. The van der Waals surface area contributed by atoms with Gasteiger partial charge in [-0.1, -0.05) is 38.1 Å². The van der Waals surface area contributed by atoms with Crippen LogP contribution in [-0.4, -0.2) is 24.4 Å². The summed E-state index contributed by atoms with van der Waals surface area (Å²) in [5.41, 5.74) is 4.54. The molecule has 1 N–H and O–H groups in total. The number of nitrogens with zero attached hydrogens (tertiary/aromatic N) is 1. The fourth-order valence-electron chi connectivity index (χ4n) is 3.49. The van der Waals surface area contributed by atoms with Gasteiger partial charge in [0.15, 0.2) is 0 Å². The Morgan fingerprint density at radius 1 is 1.12 bits per heavy atom. The molecule has 0 atom stereocenters. The van der Waals surface area contributed by atoms with E-state index in [4.69, 9.17) is 9.55 Å². The maximum Gasteiger partial charge on any atom is 0.264 e. The van der Waals surface area contributed by atoms with Crippen molar-refractivity contribution >= 4 is 32.3 Å². The largest absolute Gasteiger partial charge is 0.286 e. The monoisotopic (exact) mass is 345 g/mol. The van der Waals surface area contributed by atoms with E-state index >= 15 is 0 Å². The van der Waals surface area contributed by atoms with E-state index in [0.29, 0.717) is 12.8 Å². The number of hydrogen-bond donors (Lipinski definition) is 1.